The van der Waals surface area contributed by atoms with Crippen LogP contribution in [-0.4, -0.2) is 48.6 Å². The van der Waals surface area contributed by atoms with Crippen molar-refractivity contribution >= 4 is 21.8 Å². The minimum Gasteiger partial charge on any atom is -0.465 e. The average Bonchev–Trinajstić information content (AvgIpc) is 3.15. The van der Waals surface area contributed by atoms with E-state index < -0.39 is 32.1 Å². The van der Waals surface area contributed by atoms with Gasteiger partial charge in [0.1, 0.15) is 5.60 Å². The van der Waals surface area contributed by atoms with Crippen LogP contribution in [0.4, 0.5) is 0 Å². The van der Waals surface area contributed by atoms with E-state index in [2.05, 4.69) is 4.98 Å². The maximum atomic E-state index is 12.3. The topological polar surface area (TPSA) is 103 Å². The van der Waals surface area contributed by atoms with E-state index >= 15 is 0 Å². The van der Waals surface area contributed by atoms with Gasteiger partial charge >= 0.3 is 11.9 Å². The molecule has 1 atom stereocenters. The van der Waals surface area contributed by atoms with E-state index in [1.54, 1.807) is 19.2 Å². The van der Waals surface area contributed by atoms with Crippen LogP contribution in [-0.2, 0) is 30.5 Å². The van der Waals surface area contributed by atoms with E-state index in [4.69, 9.17) is 9.47 Å². The second-order valence-corrected chi connectivity index (χ2v) is 11.2. The number of sulfone groups is 1. The first-order valence-electron chi connectivity index (χ1n) is 10.1. The Hall–Kier alpha value is -2.61. The number of rotatable bonds is 8. The maximum Gasteiger partial charge on any atom is 0.340 e. The fourth-order valence-corrected chi connectivity index (χ4v) is 3.81. The molecule has 0 amide bonds. The lowest BCUT2D eigenvalue weighted by Gasteiger charge is -2.25. The molecule has 7 nitrogen and oxygen atoms in total. The van der Waals surface area contributed by atoms with Crippen LogP contribution in [0.25, 0.3) is 11.3 Å². The number of esters is 2. The van der Waals surface area contributed by atoms with Crippen molar-refractivity contribution < 1.29 is 27.5 Å². The lowest BCUT2D eigenvalue weighted by Crippen LogP contribution is -2.44. The lowest BCUT2D eigenvalue weighted by atomic mass is 9.99. The smallest absolute Gasteiger partial charge is 0.340 e. The number of hydrogen-bond acceptors (Lipinski definition) is 6. The van der Waals surface area contributed by atoms with E-state index in [1.807, 2.05) is 45.0 Å². The molecule has 1 heterocycles. The summed E-state index contributed by atoms with van der Waals surface area (Å²) in [5, 5.41) is 0. The fraction of sp³-hybridized carbons (Fsp3) is 0.478. The number of carbonyl (C=O) groups is 2. The number of H-pyrrole nitrogens is 1. The van der Waals surface area contributed by atoms with Crippen LogP contribution >= 0.6 is 0 Å². The molecule has 0 aliphatic carbocycles. The number of hydrogen-bond donors (Lipinski definition) is 1. The molecule has 0 aliphatic rings. The SMILES string of the molecule is CCOC(=O)C(C)(CCc1ccc(-c2cc(C(=O)OC(C)(C)C)c[nH]2)cc1)S(C)(=O)=O. The Morgan fingerprint density at radius 2 is 1.68 bits per heavy atom. The zero-order valence-corrected chi connectivity index (χ0v) is 19.8. The molecule has 0 saturated carbocycles. The maximum absolute atomic E-state index is 12.3. The molecule has 2 aromatic rings. The largest absolute Gasteiger partial charge is 0.465 e. The van der Waals surface area contributed by atoms with Crippen molar-refractivity contribution in [2.45, 2.75) is 57.8 Å². The predicted octanol–water partition coefficient (Wildman–Crippen LogP) is 3.94. The molecule has 8 heteroatoms. The summed E-state index contributed by atoms with van der Waals surface area (Å²) in [4.78, 5) is 27.5. The van der Waals surface area contributed by atoms with Crippen molar-refractivity contribution in [1.82, 2.24) is 4.98 Å². The normalized spacial score (nSPS) is 14.0. The molecule has 0 saturated heterocycles. The number of benzene rings is 1. The second kappa shape index (κ2) is 9.26. The Balaban J connectivity index is 2.12. The molecule has 0 bridgehead atoms. The number of aromatic amines is 1. The quantitative estimate of drug-likeness (QED) is 0.613. The van der Waals surface area contributed by atoms with Crippen LogP contribution < -0.4 is 0 Å². The van der Waals surface area contributed by atoms with Crippen molar-refractivity contribution in [3.63, 3.8) is 0 Å². The molecule has 1 aromatic heterocycles. The predicted molar refractivity (Wildman–Crippen MR) is 120 cm³/mol. The molecular formula is C23H31NO6S. The van der Waals surface area contributed by atoms with Crippen molar-refractivity contribution in [2.75, 3.05) is 12.9 Å². The van der Waals surface area contributed by atoms with Gasteiger partial charge in [0.15, 0.2) is 14.6 Å². The summed E-state index contributed by atoms with van der Waals surface area (Å²) in [5.41, 5.74) is 2.39. The zero-order valence-electron chi connectivity index (χ0n) is 18.9. The zero-order chi connectivity index (χ0) is 23.4. The van der Waals surface area contributed by atoms with E-state index in [9.17, 15) is 18.0 Å². The summed E-state index contributed by atoms with van der Waals surface area (Å²) in [6.07, 6.45) is 3.18. The van der Waals surface area contributed by atoms with E-state index in [1.165, 1.54) is 6.92 Å². The fourth-order valence-electron chi connectivity index (χ4n) is 2.97. The number of nitrogens with one attached hydrogen (secondary N) is 1. The number of aromatic nitrogens is 1. The number of ether oxygens (including phenoxy) is 2. The van der Waals surface area contributed by atoms with Gasteiger partial charge in [0.25, 0.3) is 0 Å². The standard InChI is InChI=1S/C23H31NO6S/c1-7-29-21(26)23(5,31(6,27)28)13-12-16-8-10-17(11-9-16)19-14-18(15-24-19)20(25)30-22(2,3)4/h8-11,14-15,24H,7,12-13H2,1-6H3. The molecule has 1 N–H and O–H groups in total. The summed E-state index contributed by atoms with van der Waals surface area (Å²) < 4.78 is 33.2. The molecule has 170 valence electrons. The van der Waals surface area contributed by atoms with Crippen molar-refractivity contribution in [3.8, 4) is 11.3 Å². The van der Waals surface area contributed by atoms with E-state index in [0.717, 1.165) is 23.1 Å². The number of aryl methyl sites for hydroxylation is 1. The minimum atomic E-state index is -3.65. The van der Waals surface area contributed by atoms with Gasteiger partial charge in [0.2, 0.25) is 0 Å². The van der Waals surface area contributed by atoms with Crippen molar-refractivity contribution in [3.05, 3.63) is 47.7 Å². The van der Waals surface area contributed by atoms with Crippen molar-refractivity contribution in [1.29, 1.82) is 0 Å². The van der Waals surface area contributed by atoms with Gasteiger partial charge in [0.05, 0.1) is 12.2 Å². The third kappa shape index (κ3) is 6.19. The van der Waals surface area contributed by atoms with Crippen LogP contribution in [0.5, 0.6) is 0 Å². The monoisotopic (exact) mass is 449 g/mol. The van der Waals surface area contributed by atoms with Gasteiger partial charge in [-0.15, -0.1) is 0 Å². The van der Waals surface area contributed by atoms with Crippen LogP contribution in [0.2, 0.25) is 0 Å². The first-order valence-corrected chi connectivity index (χ1v) is 12.0. The Morgan fingerprint density at radius 1 is 1.06 bits per heavy atom. The third-order valence-electron chi connectivity index (χ3n) is 5.00. The van der Waals surface area contributed by atoms with Gasteiger partial charge in [-0.3, -0.25) is 4.79 Å². The van der Waals surface area contributed by atoms with Gasteiger partial charge in [-0.2, -0.15) is 0 Å². The minimum absolute atomic E-state index is 0.120. The third-order valence-corrected chi connectivity index (χ3v) is 7.01. The Morgan fingerprint density at radius 3 is 2.19 bits per heavy atom. The van der Waals surface area contributed by atoms with Gasteiger partial charge < -0.3 is 14.5 Å². The Labute approximate surface area is 184 Å². The molecule has 0 fully saturated rings. The van der Waals surface area contributed by atoms with Crippen molar-refractivity contribution in [2.24, 2.45) is 0 Å². The summed E-state index contributed by atoms with van der Waals surface area (Å²) in [7, 11) is -3.65. The van der Waals surface area contributed by atoms with Gasteiger partial charge in [-0.05, 0) is 64.7 Å². The van der Waals surface area contributed by atoms with Crippen LogP contribution in [0.15, 0.2) is 36.5 Å². The molecule has 0 radical (unpaired) electrons. The highest BCUT2D eigenvalue weighted by atomic mass is 32.2. The van der Waals surface area contributed by atoms with Gasteiger partial charge in [-0.1, -0.05) is 24.3 Å². The summed E-state index contributed by atoms with van der Waals surface area (Å²) in [5.74, 6) is -1.12. The second-order valence-electron chi connectivity index (χ2n) is 8.72. The molecule has 2 rings (SSSR count). The highest BCUT2D eigenvalue weighted by molar-refractivity contribution is 7.92. The average molecular weight is 450 g/mol. The summed E-state index contributed by atoms with van der Waals surface area (Å²) in [6.45, 7) is 8.62. The molecular weight excluding hydrogens is 418 g/mol. The van der Waals surface area contributed by atoms with Gasteiger partial charge in [0, 0.05) is 18.1 Å². The molecule has 0 spiro atoms. The van der Waals surface area contributed by atoms with Crippen LogP contribution in [0, 0.1) is 0 Å². The van der Waals surface area contributed by atoms with Gasteiger partial charge in [-0.25, -0.2) is 13.2 Å². The number of carbonyl (C=O) groups excluding carboxylic acids is 2. The molecule has 1 unspecified atom stereocenters. The Kier molecular flexibility index (Phi) is 7.36. The molecule has 0 aliphatic heterocycles. The Bertz CT molecular complexity index is 1030. The molecule has 1 aromatic carbocycles. The summed E-state index contributed by atoms with van der Waals surface area (Å²) >= 11 is 0. The van der Waals surface area contributed by atoms with Crippen LogP contribution in [0.3, 0.4) is 0 Å². The highest BCUT2D eigenvalue weighted by Gasteiger charge is 2.44. The lowest BCUT2D eigenvalue weighted by molar-refractivity contribution is -0.146. The first-order chi connectivity index (χ1) is 14.3. The van der Waals surface area contributed by atoms with E-state index in [0.29, 0.717) is 12.0 Å². The highest BCUT2D eigenvalue weighted by Crippen LogP contribution is 2.26. The summed E-state index contributed by atoms with van der Waals surface area (Å²) in [6, 6.07) is 9.23. The van der Waals surface area contributed by atoms with E-state index in [-0.39, 0.29) is 13.0 Å². The van der Waals surface area contributed by atoms with Crippen LogP contribution in [0.1, 0.15) is 57.0 Å². The molecule has 31 heavy (non-hydrogen) atoms. The first kappa shape index (κ1) is 24.7.